The van der Waals surface area contributed by atoms with E-state index in [0.29, 0.717) is 0 Å². The van der Waals surface area contributed by atoms with Gasteiger partial charge in [0.25, 0.3) is 0 Å². The van der Waals surface area contributed by atoms with Gasteiger partial charge in [0.2, 0.25) is 0 Å². The van der Waals surface area contributed by atoms with Crippen LogP contribution in [0.3, 0.4) is 0 Å². The Balaban J connectivity index is 1.81. The molecule has 1 heterocycles. The summed E-state index contributed by atoms with van der Waals surface area (Å²) in [4.78, 5) is 4.54. The molecule has 1 nitrogen and oxygen atoms in total. The van der Waals surface area contributed by atoms with E-state index in [1.807, 2.05) is 0 Å². The van der Waals surface area contributed by atoms with Crippen molar-refractivity contribution in [3.63, 3.8) is 0 Å². The summed E-state index contributed by atoms with van der Waals surface area (Å²) in [7, 11) is 0. The molecular weight excluding hydrogens is 158 g/mol. The molecule has 0 amide bonds. The Morgan fingerprint density at radius 1 is 1.31 bits per heavy atom. The summed E-state index contributed by atoms with van der Waals surface area (Å²) in [6.45, 7) is 2.32. The van der Waals surface area contributed by atoms with Crippen LogP contribution in [-0.2, 0) is 0 Å². The third kappa shape index (κ3) is 1.37. The zero-order valence-electron chi connectivity index (χ0n) is 8.03. The van der Waals surface area contributed by atoms with Gasteiger partial charge < -0.3 is 0 Å². The first-order valence-corrected chi connectivity index (χ1v) is 5.30. The maximum absolute atomic E-state index is 4.54. The van der Waals surface area contributed by atoms with Crippen molar-refractivity contribution < 1.29 is 0 Å². The highest BCUT2D eigenvalue weighted by atomic mass is 14.7. The highest BCUT2D eigenvalue weighted by Crippen LogP contribution is 2.47. The Kier molecular flexibility index (Phi) is 1.49. The molecule has 0 radical (unpaired) electrons. The van der Waals surface area contributed by atoms with E-state index < -0.39 is 0 Å². The van der Waals surface area contributed by atoms with Crippen molar-refractivity contribution in [2.24, 2.45) is 5.92 Å². The molecule has 2 fully saturated rings. The topological polar surface area (TPSA) is 12.9 Å². The highest BCUT2D eigenvalue weighted by Gasteiger charge is 2.34. The van der Waals surface area contributed by atoms with Gasteiger partial charge in [-0.05, 0) is 42.7 Å². The average molecular weight is 173 g/mol. The Morgan fingerprint density at radius 3 is 2.54 bits per heavy atom. The van der Waals surface area contributed by atoms with Gasteiger partial charge >= 0.3 is 0 Å². The molecular formula is C12H15N. The second-order valence-corrected chi connectivity index (χ2v) is 4.61. The van der Waals surface area contributed by atoms with E-state index in [1.54, 1.807) is 0 Å². The Morgan fingerprint density at radius 2 is 2.08 bits per heavy atom. The molecule has 1 heteroatoms. The minimum atomic E-state index is 0.797. The molecule has 0 N–H and O–H groups in total. The van der Waals surface area contributed by atoms with Gasteiger partial charge in [-0.25, -0.2) is 0 Å². The first kappa shape index (κ1) is 7.54. The SMILES string of the molecule is C[C@@H]1C[C@H]1c1ccc(C2CC2)nc1. The number of hydrogen-bond acceptors (Lipinski definition) is 1. The zero-order valence-corrected chi connectivity index (χ0v) is 8.03. The van der Waals surface area contributed by atoms with Crippen LogP contribution < -0.4 is 0 Å². The van der Waals surface area contributed by atoms with E-state index in [-0.39, 0.29) is 0 Å². The van der Waals surface area contributed by atoms with Crippen LogP contribution >= 0.6 is 0 Å². The maximum Gasteiger partial charge on any atom is 0.0434 e. The van der Waals surface area contributed by atoms with Gasteiger partial charge in [0.15, 0.2) is 0 Å². The lowest BCUT2D eigenvalue weighted by Crippen LogP contribution is -1.88. The summed E-state index contributed by atoms with van der Waals surface area (Å²) in [6.07, 6.45) is 6.17. The minimum Gasteiger partial charge on any atom is -0.261 e. The molecule has 0 unspecified atom stereocenters. The van der Waals surface area contributed by atoms with Gasteiger partial charge in [0, 0.05) is 17.8 Å². The number of hydrogen-bond donors (Lipinski definition) is 0. The average Bonchev–Trinajstić information content (AvgIpc) is 2.98. The van der Waals surface area contributed by atoms with E-state index in [9.17, 15) is 0 Å². The molecule has 68 valence electrons. The summed E-state index contributed by atoms with van der Waals surface area (Å²) in [6, 6.07) is 4.52. The third-order valence-electron chi connectivity index (χ3n) is 3.34. The molecule has 3 rings (SSSR count). The largest absolute Gasteiger partial charge is 0.261 e. The van der Waals surface area contributed by atoms with Crippen molar-refractivity contribution in [2.45, 2.75) is 38.0 Å². The summed E-state index contributed by atoms with van der Waals surface area (Å²) in [5.41, 5.74) is 2.77. The van der Waals surface area contributed by atoms with Crippen molar-refractivity contribution in [3.05, 3.63) is 29.6 Å². The van der Waals surface area contributed by atoms with Gasteiger partial charge in [-0.15, -0.1) is 0 Å². The van der Waals surface area contributed by atoms with E-state index in [4.69, 9.17) is 0 Å². The second kappa shape index (κ2) is 2.57. The second-order valence-electron chi connectivity index (χ2n) is 4.61. The molecule has 2 aliphatic rings. The van der Waals surface area contributed by atoms with Crippen molar-refractivity contribution >= 4 is 0 Å². The molecule has 1 aromatic rings. The molecule has 1 aromatic heterocycles. The van der Waals surface area contributed by atoms with Crippen LogP contribution in [0.25, 0.3) is 0 Å². The van der Waals surface area contributed by atoms with Crippen LogP contribution in [-0.4, -0.2) is 4.98 Å². The molecule has 0 aliphatic heterocycles. The Bertz CT molecular complexity index is 310. The van der Waals surface area contributed by atoms with Crippen LogP contribution in [0.15, 0.2) is 18.3 Å². The van der Waals surface area contributed by atoms with Gasteiger partial charge in [0.1, 0.15) is 0 Å². The number of nitrogens with zero attached hydrogens (tertiary/aromatic N) is 1. The predicted octanol–water partition coefficient (Wildman–Crippen LogP) is 3.08. The fraction of sp³-hybridized carbons (Fsp3) is 0.583. The molecule has 0 spiro atoms. The summed E-state index contributed by atoms with van der Waals surface area (Å²) < 4.78 is 0. The van der Waals surface area contributed by atoms with E-state index in [0.717, 1.165) is 17.8 Å². The van der Waals surface area contributed by atoms with Crippen molar-refractivity contribution in [3.8, 4) is 0 Å². The number of pyridine rings is 1. The van der Waals surface area contributed by atoms with E-state index in [2.05, 4.69) is 30.2 Å². The zero-order chi connectivity index (χ0) is 8.84. The molecule has 2 saturated carbocycles. The smallest absolute Gasteiger partial charge is 0.0434 e. The lowest BCUT2D eigenvalue weighted by molar-refractivity contribution is 0.901. The number of rotatable bonds is 2. The lowest BCUT2D eigenvalue weighted by Gasteiger charge is -2.00. The fourth-order valence-electron chi connectivity index (χ4n) is 2.04. The standard InChI is InChI=1S/C12H15N/c1-8-6-11(8)10-4-5-12(13-7-10)9-2-3-9/h4-5,7-9,11H,2-3,6H2,1H3/t8-,11-/m1/s1. The van der Waals surface area contributed by atoms with E-state index >= 15 is 0 Å². The van der Waals surface area contributed by atoms with Crippen molar-refractivity contribution in [1.82, 2.24) is 4.98 Å². The molecule has 2 aliphatic carbocycles. The summed E-state index contributed by atoms with van der Waals surface area (Å²) in [5.74, 6) is 2.51. The predicted molar refractivity (Wildman–Crippen MR) is 52.7 cm³/mol. The minimum absolute atomic E-state index is 0.797. The summed E-state index contributed by atoms with van der Waals surface area (Å²) >= 11 is 0. The van der Waals surface area contributed by atoms with Crippen molar-refractivity contribution in [1.29, 1.82) is 0 Å². The van der Waals surface area contributed by atoms with Gasteiger partial charge in [0.05, 0.1) is 0 Å². The van der Waals surface area contributed by atoms with Gasteiger partial charge in [-0.1, -0.05) is 13.0 Å². The third-order valence-corrected chi connectivity index (χ3v) is 3.34. The van der Waals surface area contributed by atoms with Gasteiger partial charge in [-0.2, -0.15) is 0 Å². The van der Waals surface area contributed by atoms with Crippen molar-refractivity contribution in [2.75, 3.05) is 0 Å². The Labute approximate surface area is 79.2 Å². The molecule has 2 atom stereocenters. The van der Waals surface area contributed by atoms with Crippen LogP contribution in [0.2, 0.25) is 0 Å². The van der Waals surface area contributed by atoms with Crippen LogP contribution in [0.4, 0.5) is 0 Å². The van der Waals surface area contributed by atoms with Crippen LogP contribution in [0.5, 0.6) is 0 Å². The first-order valence-electron chi connectivity index (χ1n) is 5.30. The van der Waals surface area contributed by atoms with Crippen LogP contribution in [0.1, 0.15) is 49.3 Å². The first-order chi connectivity index (χ1) is 6.34. The van der Waals surface area contributed by atoms with E-state index in [1.165, 1.54) is 30.5 Å². The Hall–Kier alpha value is -0.850. The molecule has 0 bridgehead atoms. The fourth-order valence-corrected chi connectivity index (χ4v) is 2.04. The molecule has 0 aromatic carbocycles. The maximum atomic E-state index is 4.54. The normalized spacial score (nSPS) is 31.8. The lowest BCUT2D eigenvalue weighted by atomic mass is 10.1. The molecule has 0 saturated heterocycles. The van der Waals surface area contributed by atoms with Gasteiger partial charge in [-0.3, -0.25) is 4.98 Å². The quantitative estimate of drug-likeness (QED) is 0.669. The monoisotopic (exact) mass is 173 g/mol. The summed E-state index contributed by atoms with van der Waals surface area (Å²) in [5, 5.41) is 0. The van der Waals surface area contributed by atoms with Crippen LogP contribution in [0, 0.1) is 5.92 Å². The highest BCUT2D eigenvalue weighted by molar-refractivity contribution is 5.26. The molecule has 13 heavy (non-hydrogen) atoms. The number of aromatic nitrogens is 1.